The van der Waals surface area contributed by atoms with Crippen LogP contribution in [-0.2, 0) is 25.0 Å². The molecule has 0 spiro atoms. The molecule has 1 heterocycles. The van der Waals surface area contributed by atoms with Crippen LogP contribution in [0.2, 0.25) is 0 Å². The summed E-state index contributed by atoms with van der Waals surface area (Å²) < 4.78 is 26.9. The molecule has 0 atom stereocenters. The van der Waals surface area contributed by atoms with Gasteiger partial charge in [0, 0.05) is 15.6 Å². The molecule has 0 aliphatic heterocycles. The van der Waals surface area contributed by atoms with Crippen LogP contribution in [0.3, 0.4) is 0 Å². The van der Waals surface area contributed by atoms with Crippen LogP contribution in [-0.4, -0.2) is 20.5 Å². The zero-order chi connectivity index (χ0) is 12.3. The molecule has 0 unspecified atom stereocenters. The van der Waals surface area contributed by atoms with Gasteiger partial charge in [-0.05, 0) is 26.0 Å². The molecule has 16 heavy (non-hydrogen) atoms. The molecule has 1 rings (SSSR count). The van der Waals surface area contributed by atoms with Crippen LogP contribution in [0.1, 0.15) is 18.7 Å². The monoisotopic (exact) mass is 282 g/mol. The number of esters is 1. The third-order valence-electron chi connectivity index (χ3n) is 1.56. The Morgan fingerprint density at radius 3 is 2.56 bits per heavy atom. The Bertz CT molecular complexity index is 475. The molecular weight excluding hydrogens is 272 g/mol. The van der Waals surface area contributed by atoms with E-state index in [4.69, 9.17) is 15.4 Å². The third-order valence-corrected chi connectivity index (χ3v) is 4.74. The Hall–Kier alpha value is -0.590. The molecule has 0 saturated heterocycles. The lowest BCUT2D eigenvalue weighted by atomic mass is 10.3. The summed E-state index contributed by atoms with van der Waals surface area (Å²) in [4.78, 5) is 11.9. The molecule has 1 aromatic heterocycles. The maximum absolute atomic E-state index is 11.3. The zero-order valence-electron chi connectivity index (χ0n) is 8.77. The van der Waals surface area contributed by atoms with E-state index in [0.29, 0.717) is 4.88 Å². The number of carbonyl (C=O) groups excluding carboxylic acids is 1. The minimum Gasteiger partial charge on any atom is -0.463 e. The van der Waals surface area contributed by atoms with Crippen LogP contribution in [0.15, 0.2) is 16.3 Å². The smallest absolute Gasteiger partial charge is 0.311 e. The molecule has 0 N–H and O–H groups in total. The number of ether oxygens (including phenoxy) is 1. The molecule has 7 heteroatoms. The van der Waals surface area contributed by atoms with E-state index in [1.807, 2.05) is 0 Å². The van der Waals surface area contributed by atoms with Crippen molar-refractivity contribution in [2.75, 3.05) is 0 Å². The number of rotatable bonds is 4. The normalized spacial score (nSPS) is 11.8. The van der Waals surface area contributed by atoms with Crippen LogP contribution in [0.5, 0.6) is 0 Å². The van der Waals surface area contributed by atoms with E-state index in [2.05, 4.69) is 0 Å². The summed E-state index contributed by atoms with van der Waals surface area (Å²) in [6.45, 7) is 3.50. The van der Waals surface area contributed by atoms with E-state index in [1.165, 1.54) is 6.07 Å². The molecule has 90 valence electrons. The van der Waals surface area contributed by atoms with Gasteiger partial charge in [0.15, 0.2) is 0 Å². The van der Waals surface area contributed by atoms with Gasteiger partial charge in [0.25, 0.3) is 9.05 Å². The summed E-state index contributed by atoms with van der Waals surface area (Å²) in [5.41, 5.74) is 0. The largest absolute Gasteiger partial charge is 0.463 e. The summed E-state index contributed by atoms with van der Waals surface area (Å²) in [6, 6.07) is 2.94. The summed E-state index contributed by atoms with van der Waals surface area (Å²) in [5.74, 6) is -0.379. The quantitative estimate of drug-likeness (QED) is 0.627. The first-order chi connectivity index (χ1) is 7.29. The summed E-state index contributed by atoms with van der Waals surface area (Å²) in [5, 5.41) is 0. The molecule has 0 aliphatic rings. The van der Waals surface area contributed by atoms with Crippen LogP contribution in [0.4, 0.5) is 0 Å². The van der Waals surface area contributed by atoms with Crippen molar-refractivity contribution in [2.24, 2.45) is 0 Å². The molecule has 0 bridgehead atoms. The molecule has 0 saturated carbocycles. The Morgan fingerprint density at radius 2 is 2.12 bits per heavy atom. The lowest BCUT2D eigenvalue weighted by Crippen LogP contribution is -2.12. The van der Waals surface area contributed by atoms with Crippen molar-refractivity contribution >= 4 is 37.0 Å². The lowest BCUT2D eigenvalue weighted by Gasteiger charge is -2.06. The number of halogens is 1. The maximum Gasteiger partial charge on any atom is 0.311 e. The average molecular weight is 283 g/mol. The van der Waals surface area contributed by atoms with Crippen molar-refractivity contribution in [3.8, 4) is 0 Å². The van der Waals surface area contributed by atoms with Crippen molar-refractivity contribution in [3.05, 3.63) is 17.0 Å². The minimum atomic E-state index is -3.70. The van der Waals surface area contributed by atoms with Gasteiger partial charge in [-0.15, -0.1) is 11.3 Å². The van der Waals surface area contributed by atoms with Crippen molar-refractivity contribution in [2.45, 2.75) is 30.6 Å². The molecule has 0 fully saturated rings. The molecule has 0 amide bonds. The van der Waals surface area contributed by atoms with Crippen molar-refractivity contribution in [3.63, 3.8) is 0 Å². The van der Waals surface area contributed by atoms with Gasteiger partial charge in [-0.1, -0.05) is 0 Å². The average Bonchev–Trinajstić information content (AvgIpc) is 2.49. The predicted octanol–water partition coefficient (Wildman–Crippen LogP) is 2.17. The van der Waals surface area contributed by atoms with Crippen LogP contribution < -0.4 is 0 Å². The summed E-state index contributed by atoms with van der Waals surface area (Å²) in [7, 11) is 1.46. The summed E-state index contributed by atoms with van der Waals surface area (Å²) in [6.07, 6.45) is -0.112. The topological polar surface area (TPSA) is 60.4 Å². The van der Waals surface area contributed by atoms with Gasteiger partial charge in [-0.2, -0.15) is 0 Å². The second kappa shape index (κ2) is 5.16. The van der Waals surface area contributed by atoms with E-state index < -0.39 is 9.05 Å². The fourth-order valence-electron chi connectivity index (χ4n) is 1.03. The first-order valence-electron chi connectivity index (χ1n) is 4.52. The molecular formula is C9H11ClO4S2. The Kier molecular flexibility index (Phi) is 4.35. The van der Waals surface area contributed by atoms with Crippen LogP contribution in [0.25, 0.3) is 0 Å². The van der Waals surface area contributed by atoms with Crippen molar-refractivity contribution in [1.82, 2.24) is 0 Å². The van der Waals surface area contributed by atoms with Gasteiger partial charge in [-0.3, -0.25) is 4.79 Å². The van der Waals surface area contributed by atoms with E-state index >= 15 is 0 Å². The van der Waals surface area contributed by atoms with E-state index in [9.17, 15) is 13.2 Å². The highest BCUT2D eigenvalue weighted by atomic mass is 35.7. The lowest BCUT2D eigenvalue weighted by molar-refractivity contribution is -0.146. The second-order valence-corrected chi connectivity index (χ2v) is 7.34. The number of thiophene rings is 1. The fraction of sp³-hybridized carbons (Fsp3) is 0.444. The van der Waals surface area contributed by atoms with Gasteiger partial charge >= 0.3 is 5.97 Å². The van der Waals surface area contributed by atoms with Gasteiger partial charge < -0.3 is 4.74 Å². The highest BCUT2D eigenvalue weighted by molar-refractivity contribution is 8.15. The zero-order valence-corrected chi connectivity index (χ0v) is 11.2. The number of carbonyl (C=O) groups is 1. The molecule has 0 radical (unpaired) electrons. The fourth-order valence-corrected chi connectivity index (χ4v) is 3.14. The number of hydrogen-bond acceptors (Lipinski definition) is 5. The first-order valence-corrected chi connectivity index (χ1v) is 7.64. The SMILES string of the molecule is CC(C)OC(=O)Cc1ccc(S(=O)(=O)Cl)s1. The molecule has 4 nitrogen and oxygen atoms in total. The molecule has 1 aromatic rings. The van der Waals surface area contributed by atoms with E-state index in [0.717, 1.165) is 11.3 Å². The van der Waals surface area contributed by atoms with Crippen molar-refractivity contribution < 1.29 is 17.9 Å². The molecule has 0 aliphatic carbocycles. The highest BCUT2D eigenvalue weighted by Gasteiger charge is 2.15. The number of hydrogen-bond donors (Lipinski definition) is 0. The second-order valence-electron chi connectivity index (χ2n) is 3.37. The van der Waals surface area contributed by atoms with Gasteiger partial charge in [0.05, 0.1) is 12.5 Å². The van der Waals surface area contributed by atoms with E-state index in [1.54, 1.807) is 19.9 Å². The van der Waals surface area contributed by atoms with Crippen LogP contribution in [0, 0.1) is 0 Å². The Morgan fingerprint density at radius 1 is 1.50 bits per heavy atom. The maximum atomic E-state index is 11.3. The van der Waals surface area contributed by atoms with Gasteiger partial charge in [0.2, 0.25) is 0 Å². The Labute approximate surface area is 103 Å². The molecule has 0 aromatic carbocycles. The van der Waals surface area contributed by atoms with E-state index in [-0.39, 0.29) is 22.7 Å². The first kappa shape index (κ1) is 13.5. The minimum absolute atomic E-state index is 0.0431. The predicted molar refractivity (Wildman–Crippen MR) is 62.3 cm³/mol. The highest BCUT2D eigenvalue weighted by Crippen LogP contribution is 2.25. The Balaban J connectivity index is 2.70. The van der Waals surface area contributed by atoms with Gasteiger partial charge in [-0.25, -0.2) is 8.42 Å². The van der Waals surface area contributed by atoms with Gasteiger partial charge in [0.1, 0.15) is 4.21 Å². The summed E-state index contributed by atoms with van der Waals surface area (Å²) >= 11 is 0.974. The van der Waals surface area contributed by atoms with Crippen LogP contribution >= 0.6 is 22.0 Å². The third kappa shape index (κ3) is 4.11. The van der Waals surface area contributed by atoms with Crippen molar-refractivity contribution in [1.29, 1.82) is 0 Å². The standard InChI is InChI=1S/C9H11ClO4S2/c1-6(2)14-8(11)5-7-3-4-9(15-7)16(10,12)13/h3-4,6H,5H2,1-2H3.